The molecule has 0 heterocycles. The van der Waals surface area contributed by atoms with E-state index in [0.29, 0.717) is 21.5 Å². The van der Waals surface area contributed by atoms with Gasteiger partial charge in [-0.2, -0.15) is 13.2 Å². The summed E-state index contributed by atoms with van der Waals surface area (Å²) in [7, 11) is 0. The maximum absolute atomic E-state index is 12.6. The monoisotopic (exact) mass is 345 g/mol. The van der Waals surface area contributed by atoms with Gasteiger partial charge in [0.15, 0.2) is 0 Å². The van der Waals surface area contributed by atoms with Gasteiger partial charge >= 0.3 is 6.18 Å². The molecule has 0 unspecified atom stereocenters. The number of ether oxygens (including phenoxy) is 1. The maximum Gasteiger partial charge on any atom is 0.416 e. The second kappa shape index (κ2) is 5.75. The first kappa shape index (κ1) is 14.7. The van der Waals surface area contributed by atoms with E-state index in [2.05, 4.69) is 15.9 Å². The Kier molecular flexibility index (Phi) is 4.23. The van der Waals surface area contributed by atoms with Crippen molar-refractivity contribution in [3.63, 3.8) is 0 Å². The van der Waals surface area contributed by atoms with Crippen LogP contribution in [0.15, 0.2) is 46.9 Å². The largest absolute Gasteiger partial charge is 0.488 e. The molecule has 0 radical (unpaired) electrons. The summed E-state index contributed by atoms with van der Waals surface area (Å²) in [4.78, 5) is 0. The fourth-order valence-electron chi connectivity index (χ4n) is 1.63. The Morgan fingerprint density at radius 2 is 1.85 bits per heavy atom. The van der Waals surface area contributed by atoms with Gasteiger partial charge in [0, 0.05) is 11.8 Å². The highest BCUT2D eigenvalue weighted by Gasteiger charge is 2.30. The number of hydrogen-bond donors (Lipinski definition) is 1. The Hall–Kier alpha value is -1.69. The van der Waals surface area contributed by atoms with Gasteiger partial charge in [0.05, 0.1) is 10.0 Å². The first-order valence-electron chi connectivity index (χ1n) is 5.70. The van der Waals surface area contributed by atoms with E-state index < -0.39 is 11.7 Å². The zero-order valence-electron chi connectivity index (χ0n) is 10.2. The number of alkyl halides is 3. The number of benzene rings is 2. The number of halogens is 4. The summed E-state index contributed by atoms with van der Waals surface area (Å²) in [5, 5.41) is 0. The lowest BCUT2D eigenvalue weighted by Gasteiger charge is -2.11. The predicted molar refractivity (Wildman–Crippen MR) is 74.3 cm³/mol. The Labute approximate surface area is 122 Å². The van der Waals surface area contributed by atoms with Crippen molar-refractivity contribution in [3.8, 4) is 5.75 Å². The van der Waals surface area contributed by atoms with E-state index in [1.807, 2.05) is 0 Å². The number of nitrogen functional groups attached to an aromatic ring is 1. The summed E-state index contributed by atoms with van der Waals surface area (Å²) in [5.41, 5.74) is 5.90. The first-order chi connectivity index (χ1) is 9.36. The van der Waals surface area contributed by atoms with Crippen LogP contribution in [0, 0.1) is 0 Å². The van der Waals surface area contributed by atoms with Crippen molar-refractivity contribution in [2.24, 2.45) is 0 Å². The summed E-state index contributed by atoms with van der Waals surface area (Å²) in [6, 6.07) is 10.1. The molecular formula is C14H11BrF3NO. The molecule has 2 N–H and O–H groups in total. The summed E-state index contributed by atoms with van der Waals surface area (Å²) >= 11 is 3.29. The molecule has 6 heteroatoms. The van der Waals surface area contributed by atoms with Gasteiger partial charge in [-0.05, 0) is 45.8 Å². The van der Waals surface area contributed by atoms with Crippen LogP contribution in [-0.2, 0) is 12.8 Å². The minimum Gasteiger partial charge on any atom is -0.488 e. The third kappa shape index (κ3) is 3.66. The van der Waals surface area contributed by atoms with Crippen molar-refractivity contribution < 1.29 is 17.9 Å². The number of hydrogen-bond acceptors (Lipinski definition) is 2. The number of rotatable bonds is 3. The number of nitrogens with two attached hydrogens (primary N) is 1. The zero-order chi connectivity index (χ0) is 14.8. The average molecular weight is 346 g/mol. The first-order valence-corrected chi connectivity index (χ1v) is 6.49. The highest BCUT2D eigenvalue weighted by atomic mass is 79.9. The van der Waals surface area contributed by atoms with Crippen LogP contribution in [-0.4, -0.2) is 0 Å². The Morgan fingerprint density at radius 1 is 1.10 bits per heavy atom. The van der Waals surface area contributed by atoms with E-state index in [9.17, 15) is 13.2 Å². The van der Waals surface area contributed by atoms with Gasteiger partial charge in [0.25, 0.3) is 0 Å². The SMILES string of the molecule is Nc1ccc(Br)c(OCc2cccc(C(F)(F)F)c2)c1. The van der Waals surface area contributed by atoms with Gasteiger partial charge in [-0.3, -0.25) is 0 Å². The van der Waals surface area contributed by atoms with Crippen LogP contribution in [0.2, 0.25) is 0 Å². The van der Waals surface area contributed by atoms with E-state index in [0.717, 1.165) is 12.1 Å². The molecule has 2 aromatic carbocycles. The van der Waals surface area contributed by atoms with E-state index in [1.165, 1.54) is 6.07 Å². The fourth-order valence-corrected chi connectivity index (χ4v) is 1.99. The highest BCUT2D eigenvalue weighted by Crippen LogP contribution is 2.31. The lowest BCUT2D eigenvalue weighted by Crippen LogP contribution is -2.06. The van der Waals surface area contributed by atoms with Gasteiger partial charge in [-0.25, -0.2) is 0 Å². The van der Waals surface area contributed by atoms with Crippen LogP contribution < -0.4 is 10.5 Å². The van der Waals surface area contributed by atoms with Crippen LogP contribution in [0.5, 0.6) is 5.75 Å². The van der Waals surface area contributed by atoms with Crippen molar-refractivity contribution in [1.29, 1.82) is 0 Å². The van der Waals surface area contributed by atoms with Gasteiger partial charge in [0.2, 0.25) is 0 Å². The summed E-state index contributed by atoms with van der Waals surface area (Å²) in [6.45, 7) is 0.0337. The lowest BCUT2D eigenvalue weighted by atomic mass is 10.1. The fraction of sp³-hybridized carbons (Fsp3) is 0.143. The minimum absolute atomic E-state index is 0.0337. The molecule has 106 valence electrons. The second-order valence-corrected chi connectivity index (χ2v) is 5.03. The van der Waals surface area contributed by atoms with Crippen LogP contribution in [0.3, 0.4) is 0 Å². The molecule has 0 atom stereocenters. The van der Waals surface area contributed by atoms with Crippen LogP contribution in [0.25, 0.3) is 0 Å². The van der Waals surface area contributed by atoms with E-state index in [1.54, 1.807) is 24.3 Å². The standard InChI is InChI=1S/C14H11BrF3NO/c15-12-5-4-11(19)7-13(12)20-8-9-2-1-3-10(6-9)14(16,17)18/h1-7H,8,19H2. The molecule has 0 aliphatic heterocycles. The third-order valence-corrected chi connectivity index (χ3v) is 3.26. The van der Waals surface area contributed by atoms with E-state index in [-0.39, 0.29) is 6.61 Å². The van der Waals surface area contributed by atoms with Gasteiger partial charge in [0.1, 0.15) is 12.4 Å². The van der Waals surface area contributed by atoms with Crippen molar-refractivity contribution in [2.75, 3.05) is 5.73 Å². The zero-order valence-corrected chi connectivity index (χ0v) is 11.8. The van der Waals surface area contributed by atoms with Crippen molar-refractivity contribution >= 4 is 21.6 Å². The maximum atomic E-state index is 12.6. The Balaban J connectivity index is 2.13. The van der Waals surface area contributed by atoms with Crippen molar-refractivity contribution in [3.05, 3.63) is 58.1 Å². The molecule has 0 amide bonds. The molecule has 0 aliphatic carbocycles. The molecule has 2 aromatic rings. The van der Waals surface area contributed by atoms with Crippen LogP contribution in [0.4, 0.5) is 18.9 Å². The molecule has 0 aliphatic rings. The quantitative estimate of drug-likeness (QED) is 0.823. The third-order valence-electron chi connectivity index (χ3n) is 2.60. The molecular weight excluding hydrogens is 335 g/mol. The topological polar surface area (TPSA) is 35.2 Å². The van der Waals surface area contributed by atoms with Gasteiger partial charge in [-0.1, -0.05) is 12.1 Å². The molecule has 0 fully saturated rings. The normalized spacial score (nSPS) is 11.4. The van der Waals surface area contributed by atoms with Crippen molar-refractivity contribution in [2.45, 2.75) is 12.8 Å². The van der Waals surface area contributed by atoms with Crippen LogP contribution >= 0.6 is 15.9 Å². The molecule has 2 rings (SSSR count). The Morgan fingerprint density at radius 3 is 2.55 bits per heavy atom. The molecule has 20 heavy (non-hydrogen) atoms. The smallest absolute Gasteiger partial charge is 0.416 e. The highest BCUT2D eigenvalue weighted by molar-refractivity contribution is 9.10. The Bertz CT molecular complexity index is 614. The minimum atomic E-state index is -4.35. The van der Waals surface area contributed by atoms with Gasteiger partial charge < -0.3 is 10.5 Å². The molecule has 0 saturated heterocycles. The summed E-state index contributed by atoms with van der Waals surface area (Å²) in [6.07, 6.45) is -4.35. The predicted octanol–water partition coefficient (Wildman–Crippen LogP) is 4.63. The molecule has 0 saturated carbocycles. The van der Waals surface area contributed by atoms with Crippen molar-refractivity contribution in [1.82, 2.24) is 0 Å². The van der Waals surface area contributed by atoms with E-state index in [4.69, 9.17) is 10.5 Å². The summed E-state index contributed by atoms with van der Waals surface area (Å²) in [5.74, 6) is 0.488. The molecule has 2 nitrogen and oxygen atoms in total. The number of anilines is 1. The molecule has 0 aromatic heterocycles. The van der Waals surface area contributed by atoms with E-state index >= 15 is 0 Å². The molecule has 0 spiro atoms. The molecule has 0 bridgehead atoms. The lowest BCUT2D eigenvalue weighted by molar-refractivity contribution is -0.137. The summed E-state index contributed by atoms with van der Waals surface area (Å²) < 4.78 is 43.9. The second-order valence-electron chi connectivity index (χ2n) is 4.18. The van der Waals surface area contributed by atoms with Gasteiger partial charge in [-0.15, -0.1) is 0 Å². The van der Waals surface area contributed by atoms with Crippen LogP contribution in [0.1, 0.15) is 11.1 Å². The average Bonchev–Trinajstić information content (AvgIpc) is 2.39.